The standard InChI is InChI=1S/C22H22N4O/c27-21(12-11-17-7-3-1-4-8-17)23-22-19-13-14-26(16-20(19)24-25-22)15-18-9-5-2-6-10-18/h1-12H,13-16H2,(H2,23,24,25,27)/b12-11+. The molecule has 2 aromatic carbocycles. The number of amides is 1. The molecule has 1 amide bonds. The van der Waals surface area contributed by atoms with E-state index in [2.05, 4.69) is 44.7 Å². The zero-order valence-electron chi connectivity index (χ0n) is 15.1. The van der Waals surface area contributed by atoms with Gasteiger partial charge in [0.05, 0.1) is 5.69 Å². The lowest BCUT2D eigenvalue weighted by Gasteiger charge is -2.26. The van der Waals surface area contributed by atoms with Gasteiger partial charge in [0.1, 0.15) is 0 Å². The van der Waals surface area contributed by atoms with Crippen LogP contribution in [0.3, 0.4) is 0 Å². The Balaban J connectivity index is 1.38. The number of carbonyl (C=O) groups excluding carboxylic acids is 1. The second-order valence-electron chi connectivity index (χ2n) is 6.71. The number of carbonyl (C=O) groups is 1. The van der Waals surface area contributed by atoms with Gasteiger partial charge in [-0.2, -0.15) is 5.10 Å². The minimum absolute atomic E-state index is 0.167. The van der Waals surface area contributed by atoms with E-state index in [0.717, 1.165) is 42.9 Å². The number of aromatic amines is 1. The molecule has 0 bridgehead atoms. The molecule has 1 aliphatic heterocycles. The van der Waals surface area contributed by atoms with Crippen molar-refractivity contribution in [3.05, 3.63) is 89.1 Å². The predicted octanol–water partition coefficient (Wildman–Crippen LogP) is 3.62. The van der Waals surface area contributed by atoms with Crippen LogP contribution in [0, 0.1) is 0 Å². The Bertz CT molecular complexity index is 931. The van der Waals surface area contributed by atoms with Gasteiger partial charge in [-0.15, -0.1) is 0 Å². The molecule has 0 spiro atoms. The first-order chi connectivity index (χ1) is 13.3. The lowest BCUT2D eigenvalue weighted by atomic mass is 10.1. The van der Waals surface area contributed by atoms with Gasteiger partial charge in [0.2, 0.25) is 5.91 Å². The van der Waals surface area contributed by atoms with Gasteiger partial charge in [0.15, 0.2) is 5.82 Å². The molecule has 0 radical (unpaired) electrons. The maximum absolute atomic E-state index is 12.2. The van der Waals surface area contributed by atoms with Gasteiger partial charge in [0, 0.05) is 31.3 Å². The molecule has 2 heterocycles. The molecule has 0 atom stereocenters. The summed E-state index contributed by atoms with van der Waals surface area (Å²) in [5, 5.41) is 10.3. The zero-order valence-corrected chi connectivity index (χ0v) is 15.1. The monoisotopic (exact) mass is 358 g/mol. The summed E-state index contributed by atoms with van der Waals surface area (Å²) in [7, 11) is 0. The van der Waals surface area contributed by atoms with Crippen molar-refractivity contribution in [2.75, 3.05) is 11.9 Å². The van der Waals surface area contributed by atoms with E-state index in [4.69, 9.17) is 0 Å². The first kappa shape index (κ1) is 17.2. The van der Waals surface area contributed by atoms with Crippen LogP contribution in [0.25, 0.3) is 6.08 Å². The van der Waals surface area contributed by atoms with Crippen LogP contribution in [0.4, 0.5) is 5.82 Å². The first-order valence-electron chi connectivity index (χ1n) is 9.14. The molecule has 2 N–H and O–H groups in total. The highest BCUT2D eigenvalue weighted by Crippen LogP contribution is 2.24. The molecule has 27 heavy (non-hydrogen) atoms. The van der Waals surface area contributed by atoms with Gasteiger partial charge in [-0.3, -0.25) is 14.8 Å². The van der Waals surface area contributed by atoms with E-state index in [-0.39, 0.29) is 5.91 Å². The van der Waals surface area contributed by atoms with Crippen molar-refractivity contribution < 1.29 is 4.79 Å². The number of aromatic nitrogens is 2. The Morgan fingerprint density at radius 1 is 1.11 bits per heavy atom. The van der Waals surface area contributed by atoms with Crippen LogP contribution in [0.2, 0.25) is 0 Å². The number of nitrogens with one attached hydrogen (secondary N) is 2. The number of H-pyrrole nitrogens is 1. The number of hydrogen-bond donors (Lipinski definition) is 2. The van der Waals surface area contributed by atoms with E-state index in [1.165, 1.54) is 5.56 Å². The Hall–Kier alpha value is -3.18. The van der Waals surface area contributed by atoms with Gasteiger partial charge in [-0.25, -0.2) is 0 Å². The molecule has 0 saturated carbocycles. The highest BCUT2D eigenvalue weighted by Gasteiger charge is 2.22. The lowest BCUT2D eigenvalue weighted by Crippen LogP contribution is -2.30. The van der Waals surface area contributed by atoms with Gasteiger partial charge in [0.25, 0.3) is 0 Å². The number of hydrogen-bond acceptors (Lipinski definition) is 3. The molecule has 0 unspecified atom stereocenters. The van der Waals surface area contributed by atoms with Gasteiger partial charge in [-0.1, -0.05) is 60.7 Å². The maximum atomic E-state index is 12.2. The SMILES string of the molecule is O=C(/C=C/c1ccccc1)Nc1n[nH]c2c1CCN(Cc1ccccc1)C2. The topological polar surface area (TPSA) is 61.0 Å². The summed E-state index contributed by atoms with van der Waals surface area (Å²) in [5.41, 5.74) is 4.49. The molecule has 0 aliphatic carbocycles. The van der Waals surface area contributed by atoms with E-state index in [9.17, 15) is 4.79 Å². The van der Waals surface area contributed by atoms with Crippen molar-refractivity contribution in [1.29, 1.82) is 0 Å². The summed E-state index contributed by atoms with van der Waals surface area (Å²) < 4.78 is 0. The third-order valence-electron chi connectivity index (χ3n) is 4.73. The summed E-state index contributed by atoms with van der Waals surface area (Å²) in [6.07, 6.45) is 4.22. The summed E-state index contributed by atoms with van der Waals surface area (Å²) in [4.78, 5) is 14.6. The van der Waals surface area contributed by atoms with Crippen molar-refractivity contribution in [3.63, 3.8) is 0 Å². The third kappa shape index (κ3) is 4.33. The minimum Gasteiger partial charge on any atom is -0.305 e. The maximum Gasteiger partial charge on any atom is 0.249 e. The van der Waals surface area contributed by atoms with Crippen LogP contribution in [-0.4, -0.2) is 27.5 Å². The average molecular weight is 358 g/mol. The van der Waals surface area contributed by atoms with E-state index >= 15 is 0 Å². The number of nitrogens with zero attached hydrogens (tertiary/aromatic N) is 2. The van der Waals surface area contributed by atoms with Crippen LogP contribution < -0.4 is 5.32 Å². The van der Waals surface area contributed by atoms with Crippen molar-refractivity contribution in [2.24, 2.45) is 0 Å². The molecule has 1 aliphatic rings. The second kappa shape index (κ2) is 8.01. The number of rotatable bonds is 5. The summed E-state index contributed by atoms with van der Waals surface area (Å²) in [6.45, 7) is 2.68. The van der Waals surface area contributed by atoms with Crippen molar-refractivity contribution >= 4 is 17.8 Å². The van der Waals surface area contributed by atoms with Gasteiger partial charge >= 0.3 is 0 Å². The molecule has 0 fully saturated rings. The highest BCUT2D eigenvalue weighted by molar-refractivity contribution is 6.01. The summed E-state index contributed by atoms with van der Waals surface area (Å²) >= 11 is 0. The molecule has 5 heteroatoms. The number of fused-ring (bicyclic) bond motifs is 1. The van der Waals surface area contributed by atoms with E-state index < -0.39 is 0 Å². The Labute approximate surface area is 158 Å². The van der Waals surface area contributed by atoms with E-state index in [1.807, 2.05) is 36.4 Å². The van der Waals surface area contributed by atoms with Crippen molar-refractivity contribution in [3.8, 4) is 0 Å². The van der Waals surface area contributed by atoms with Crippen molar-refractivity contribution in [1.82, 2.24) is 15.1 Å². The van der Waals surface area contributed by atoms with Gasteiger partial charge in [-0.05, 0) is 23.6 Å². The molecule has 1 aromatic heterocycles. The van der Waals surface area contributed by atoms with Crippen LogP contribution in [0.1, 0.15) is 22.4 Å². The molecular weight excluding hydrogens is 336 g/mol. The molecular formula is C22H22N4O. The zero-order chi connectivity index (χ0) is 18.5. The Morgan fingerprint density at radius 2 is 1.85 bits per heavy atom. The molecule has 4 rings (SSSR count). The van der Waals surface area contributed by atoms with Gasteiger partial charge < -0.3 is 5.32 Å². The number of anilines is 1. The normalized spacial score (nSPS) is 14.2. The quantitative estimate of drug-likeness (QED) is 0.685. The largest absolute Gasteiger partial charge is 0.305 e. The second-order valence-corrected chi connectivity index (χ2v) is 6.71. The highest BCUT2D eigenvalue weighted by atomic mass is 16.1. The van der Waals surface area contributed by atoms with E-state index in [0.29, 0.717) is 5.82 Å². The number of benzene rings is 2. The Kier molecular flexibility index (Phi) is 5.12. The first-order valence-corrected chi connectivity index (χ1v) is 9.14. The van der Waals surface area contributed by atoms with Crippen LogP contribution in [0.5, 0.6) is 0 Å². The third-order valence-corrected chi connectivity index (χ3v) is 4.73. The fraction of sp³-hybridized carbons (Fsp3) is 0.182. The molecule has 136 valence electrons. The summed E-state index contributed by atoms with van der Waals surface area (Å²) in [5.74, 6) is 0.479. The average Bonchev–Trinajstić information content (AvgIpc) is 3.10. The minimum atomic E-state index is -0.167. The molecule has 0 saturated heterocycles. The predicted molar refractivity (Wildman–Crippen MR) is 107 cm³/mol. The van der Waals surface area contributed by atoms with Crippen LogP contribution in [-0.2, 0) is 24.3 Å². The van der Waals surface area contributed by atoms with Crippen molar-refractivity contribution in [2.45, 2.75) is 19.5 Å². The van der Waals surface area contributed by atoms with E-state index in [1.54, 1.807) is 12.2 Å². The Morgan fingerprint density at radius 3 is 2.63 bits per heavy atom. The lowest BCUT2D eigenvalue weighted by molar-refractivity contribution is -0.111. The molecule has 3 aromatic rings. The smallest absolute Gasteiger partial charge is 0.249 e. The van der Waals surface area contributed by atoms with Crippen LogP contribution >= 0.6 is 0 Å². The molecule has 5 nitrogen and oxygen atoms in total. The van der Waals surface area contributed by atoms with Crippen LogP contribution in [0.15, 0.2) is 66.7 Å². The fourth-order valence-electron chi connectivity index (χ4n) is 3.35. The summed E-state index contributed by atoms with van der Waals surface area (Å²) in [6, 6.07) is 20.2. The fourth-order valence-corrected chi connectivity index (χ4v) is 3.35.